The van der Waals surface area contributed by atoms with Crippen molar-refractivity contribution in [1.29, 1.82) is 0 Å². The molecule has 26 heavy (non-hydrogen) atoms. The number of anilines is 1. The summed E-state index contributed by atoms with van der Waals surface area (Å²) in [6.45, 7) is 4.15. The van der Waals surface area contributed by atoms with Crippen molar-refractivity contribution in [3.63, 3.8) is 0 Å². The molecular weight excluding hydrogens is 350 g/mol. The van der Waals surface area contributed by atoms with E-state index in [4.69, 9.17) is 0 Å². The van der Waals surface area contributed by atoms with Crippen molar-refractivity contribution in [1.82, 2.24) is 19.9 Å². The Morgan fingerprint density at radius 3 is 2.81 bits per heavy atom. The molecule has 1 amide bonds. The molecule has 2 aromatic rings. The molecule has 2 aliphatic rings. The third-order valence-corrected chi connectivity index (χ3v) is 6.31. The highest BCUT2D eigenvalue weighted by Gasteiger charge is 2.23. The predicted octanol–water partition coefficient (Wildman–Crippen LogP) is 2.45. The van der Waals surface area contributed by atoms with Gasteiger partial charge in [0, 0.05) is 25.2 Å². The lowest BCUT2D eigenvalue weighted by molar-refractivity contribution is 0.0920. The van der Waals surface area contributed by atoms with Crippen molar-refractivity contribution < 1.29 is 4.79 Å². The second-order valence-electron chi connectivity index (χ2n) is 7.56. The smallest absolute Gasteiger partial charge is 0.274 e. The van der Waals surface area contributed by atoms with Crippen LogP contribution in [-0.2, 0) is 0 Å². The number of rotatable bonds is 3. The topological polar surface area (TPSA) is 79.6 Å². The van der Waals surface area contributed by atoms with Crippen molar-refractivity contribution in [3.8, 4) is 0 Å². The maximum Gasteiger partial charge on any atom is 0.274 e. The Morgan fingerprint density at radius 1 is 1.23 bits per heavy atom. The molecule has 1 atom stereocenters. The van der Waals surface area contributed by atoms with Crippen LogP contribution in [0.25, 0.3) is 4.96 Å². The second kappa shape index (κ2) is 7.34. The average molecular weight is 375 g/mol. The van der Waals surface area contributed by atoms with E-state index in [0.29, 0.717) is 10.9 Å². The van der Waals surface area contributed by atoms with Crippen molar-refractivity contribution in [2.75, 3.05) is 18.0 Å². The third kappa shape index (κ3) is 3.60. The summed E-state index contributed by atoms with van der Waals surface area (Å²) in [6.07, 6.45) is 7.89. The lowest BCUT2D eigenvalue weighted by atomic mass is 9.95. The van der Waals surface area contributed by atoms with Gasteiger partial charge in [0.1, 0.15) is 5.69 Å². The summed E-state index contributed by atoms with van der Waals surface area (Å²) >= 11 is 1.38. The first-order valence-corrected chi connectivity index (χ1v) is 10.4. The van der Waals surface area contributed by atoms with Crippen molar-refractivity contribution in [2.24, 2.45) is 5.92 Å². The standard InChI is InChI=1S/C18H25N5O2S/c1-12-6-5-9-22(11-12)18-21-23-14(10-15(24)20-17(23)26-18)16(25)19-13-7-3-2-4-8-13/h10,12-13H,2-9,11H2,1H3,(H,19,25)/t12-/m1/s1. The number of carbonyl (C=O) groups is 1. The summed E-state index contributed by atoms with van der Waals surface area (Å²) in [5, 5.41) is 8.53. The summed E-state index contributed by atoms with van der Waals surface area (Å²) in [7, 11) is 0. The maximum absolute atomic E-state index is 12.8. The normalized spacial score (nSPS) is 21.9. The van der Waals surface area contributed by atoms with E-state index in [1.54, 1.807) is 4.52 Å². The molecule has 1 aliphatic carbocycles. The first-order valence-electron chi connectivity index (χ1n) is 9.57. The average Bonchev–Trinajstić information content (AvgIpc) is 3.05. The lowest BCUT2D eigenvalue weighted by Gasteiger charge is -2.30. The van der Waals surface area contributed by atoms with E-state index in [2.05, 4.69) is 27.2 Å². The Hall–Kier alpha value is -1.96. The van der Waals surface area contributed by atoms with E-state index < -0.39 is 0 Å². The van der Waals surface area contributed by atoms with E-state index in [0.717, 1.165) is 50.3 Å². The molecule has 8 heteroatoms. The summed E-state index contributed by atoms with van der Waals surface area (Å²) in [5.41, 5.74) is -0.0980. The summed E-state index contributed by atoms with van der Waals surface area (Å²) < 4.78 is 1.54. The van der Waals surface area contributed by atoms with E-state index in [1.807, 2.05) is 0 Å². The zero-order valence-corrected chi connectivity index (χ0v) is 15.9. The fourth-order valence-corrected chi connectivity index (χ4v) is 4.91. The van der Waals surface area contributed by atoms with Gasteiger partial charge in [0.05, 0.1) is 0 Å². The molecule has 0 spiro atoms. The van der Waals surface area contributed by atoms with Gasteiger partial charge in [0.2, 0.25) is 10.1 Å². The predicted molar refractivity (Wildman–Crippen MR) is 102 cm³/mol. The lowest BCUT2D eigenvalue weighted by Crippen LogP contribution is -2.38. The van der Waals surface area contributed by atoms with Crippen LogP contribution >= 0.6 is 11.3 Å². The zero-order chi connectivity index (χ0) is 18.1. The van der Waals surface area contributed by atoms with Crippen LogP contribution < -0.4 is 15.8 Å². The Morgan fingerprint density at radius 2 is 2.04 bits per heavy atom. The van der Waals surface area contributed by atoms with Gasteiger partial charge in [-0.15, -0.1) is 5.10 Å². The quantitative estimate of drug-likeness (QED) is 0.891. The first-order chi connectivity index (χ1) is 12.6. The molecule has 1 N–H and O–H groups in total. The van der Waals surface area contributed by atoms with Crippen LogP contribution in [-0.4, -0.2) is 39.6 Å². The van der Waals surface area contributed by atoms with E-state index >= 15 is 0 Å². The number of carbonyl (C=O) groups excluding carboxylic acids is 1. The van der Waals surface area contributed by atoms with Gasteiger partial charge in [-0.25, -0.2) is 0 Å². The van der Waals surface area contributed by atoms with Gasteiger partial charge in [-0.1, -0.05) is 37.5 Å². The second-order valence-corrected chi connectivity index (χ2v) is 8.49. The van der Waals surface area contributed by atoms with Crippen LogP contribution in [0.3, 0.4) is 0 Å². The number of nitrogens with one attached hydrogen (secondary N) is 1. The Balaban J connectivity index is 1.63. The molecule has 1 saturated carbocycles. The summed E-state index contributed by atoms with van der Waals surface area (Å²) in [4.78, 5) is 31.5. The van der Waals surface area contributed by atoms with Gasteiger partial charge in [0.15, 0.2) is 0 Å². The van der Waals surface area contributed by atoms with Crippen LogP contribution in [0.15, 0.2) is 10.9 Å². The fourth-order valence-electron chi connectivity index (χ4n) is 3.96. The molecule has 4 rings (SSSR count). The molecule has 0 aromatic carbocycles. The highest BCUT2D eigenvalue weighted by atomic mass is 32.1. The summed E-state index contributed by atoms with van der Waals surface area (Å²) in [5.74, 6) is 0.396. The van der Waals surface area contributed by atoms with E-state index in [9.17, 15) is 9.59 Å². The van der Waals surface area contributed by atoms with Crippen molar-refractivity contribution in [3.05, 3.63) is 22.1 Å². The zero-order valence-electron chi connectivity index (χ0n) is 15.1. The molecule has 140 valence electrons. The Labute approximate surface area is 156 Å². The molecule has 7 nitrogen and oxygen atoms in total. The van der Waals surface area contributed by atoms with Gasteiger partial charge in [-0.2, -0.15) is 9.50 Å². The molecule has 0 bridgehead atoms. The number of piperidine rings is 1. The molecule has 2 fully saturated rings. The largest absolute Gasteiger partial charge is 0.348 e. The number of nitrogens with zero attached hydrogens (tertiary/aromatic N) is 4. The number of amides is 1. The molecular formula is C18H25N5O2S. The van der Waals surface area contributed by atoms with Gasteiger partial charge in [0.25, 0.3) is 11.5 Å². The Kier molecular flexibility index (Phi) is 4.93. The number of hydrogen-bond acceptors (Lipinski definition) is 6. The van der Waals surface area contributed by atoms with Crippen LogP contribution in [0.4, 0.5) is 5.13 Å². The van der Waals surface area contributed by atoms with E-state index in [1.165, 1.54) is 30.2 Å². The van der Waals surface area contributed by atoms with Crippen LogP contribution in [0.1, 0.15) is 62.4 Å². The summed E-state index contributed by atoms with van der Waals surface area (Å²) in [6, 6.07) is 1.49. The maximum atomic E-state index is 12.8. The minimum Gasteiger partial charge on any atom is -0.348 e. The molecule has 2 aromatic heterocycles. The van der Waals surface area contributed by atoms with Crippen LogP contribution in [0.2, 0.25) is 0 Å². The van der Waals surface area contributed by atoms with Gasteiger partial charge < -0.3 is 10.2 Å². The number of fused-ring (bicyclic) bond motifs is 1. The minimum atomic E-state index is -0.388. The molecule has 0 unspecified atom stereocenters. The molecule has 1 aliphatic heterocycles. The Bertz CT molecular complexity index is 855. The molecule has 1 saturated heterocycles. The minimum absolute atomic E-state index is 0.191. The van der Waals surface area contributed by atoms with Gasteiger partial charge in [-0.3, -0.25) is 9.59 Å². The van der Waals surface area contributed by atoms with Crippen molar-refractivity contribution >= 4 is 27.3 Å². The first kappa shape index (κ1) is 17.5. The van der Waals surface area contributed by atoms with Gasteiger partial charge in [-0.05, 0) is 31.6 Å². The highest BCUT2D eigenvalue weighted by Crippen LogP contribution is 2.27. The highest BCUT2D eigenvalue weighted by molar-refractivity contribution is 7.20. The third-order valence-electron chi connectivity index (χ3n) is 5.34. The molecule has 0 radical (unpaired) electrons. The van der Waals surface area contributed by atoms with E-state index in [-0.39, 0.29) is 23.2 Å². The van der Waals surface area contributed by atoms with Gasteiger partial charge >= 0.3 is 0 Å². The SMILES string of the molecule is C[C@@H]1CCCN(c2nn3c(C(=O)NC4CCCCC4)cc(=O)nc3s2)C1. The van der Waals surface area contributed by atoms with Crippen molar-refractivity contribution in [2.45, 2.75) is 57.9 Å². The molecule has 3 heterocycles. The monoisotopic (exact) mass is 375 g/mol. The number of hydrogen-bond donors (Lipinski definition) is 1. The number of aromatic nitrogens is 3. The fraction of sp³-hybridized carbons (Fsp3) is 0.667. The van der Waals surface area contributed by atoms with Crippen LogP contribution in [0, 0.1) is 5.92 Å². The van der Waals surface area contributed by atoms with Crippen LogP contribution in [0.5, 0.6) is 0 Å².